The van der Waals surface area contributed by atoms with Crippen LogP contribution in [0, 0.1) is 17.8 Å². The van der Waals surface area contributed by atoms with Crippen molar-refractivity contribution in [2.45, 2.75) is 196 Å². The lowest BCUT2D eigenvalue weighted by Gasteiger charge is -2.15. The van der Waals surface area contributed by atoms with Crippen molar-refractivity contribution in [3.8, 4) is 0 Å². The first-order chi connectivity index (χ1) is 18.8. The Morgan fingerprint density at radius 3 is 1.49 bits per heavy atom. The van der Waals surface area contributed by atoms with Crippen molar-refractivity contribution in [1.29, 1.82) is 0 Å². The van der Waals surface area contributed by atoms with E-state index < -0.39 is 0 Å². The van der Waals surface area contributed by atoms with E-state index in [4.69, 9.17) is 4.74 Å². The van der Waals surface area contributed by atoms with Gasteiger partial charge >= 0.3 is 5.97 Å². The van der Waals surface area contributed by atoms with E-state index in [0.717, 1.165) is 37.0 Å². The average molecular weight is 549 g/mol. The maximum atomic E-state index is 12.0. The van der Waals surface area contributed by atoms with Gasteiger partial charge in [-0.25, -0.2) is 0 Å². The second-order valence-electron chi connectivity index (χ2n) is 13.4. The average Bonchev–Trinajstić information content (AvgIpc) is 2.88. The molecule has 0 saturated heterocycles. The van der Waals surface area contributed by atoms with Gasteiger partial charge < -0.3 is 4.74 Å². The lowest BCUT2D eigenvalue weighted by Crippen LogP contribution is -2.04. The fraction of sp³-hybridized carbons (Fsp3) is 0.919. The monoisotopic (exact) mass is 549 g/mol. The Morgan fingerprint density at radius 1 is 0.564 bits per heavy atom. The molecule has 0 amide bonds. The highest BCUT2D eigenvalue weighted by atomic mass is 16.5. The zero-order valence-electron chi connectivity index (χ0n) is 27.8. The van der Waals surface area contributed by atoms with Gasteiger partial charge in [0.25, 0.3) is 0 Å². The fourth-order valence-electron chi connectivity index (χ4n) is 5.62. The number of carbonyl (C=O) groups excluding carboxylic acids is 1. The molecule has 0 aromatic heterocycles. The van der Waals surface area contributed by atoms with Gasteiger partial charge in [-0.15, -0.1) is 0 Å². The van der Waals surface area contributed by atoms with Gasteiger partial charge in [0.1, 0.15) is 6.61 Å². The standard InChI is InChI=1S/C37H72O2/c1-7-8-9-10-11-12-13-14-15-16-17-18-19-20-30-37(38)39-32-31-36(6)29-23-28-35(5)27-22-26-34(4)25-21-24-33(2)3/h31,33-35H,7-30,32H2,1-6H3/b36-31+/t34-,35-/m1/s1. The van der Waals surface area contributed by atoms with Crippen molar-refractivity contribution in [3.63, 3.8) is 0 Å². The molecule has 0 aliphatic carbocycles. The lowest BCUT2D eigenvalue weighted by atomic mass is 9.91. The minimum Gasteiger partial charge on any atom is -0.461 e. The largest absolute Gasteiger partial charge is 0.461 e. The molecule has 2 nitrogen and oxygen atoms in total. The van der Waals surface area contributed by atoms with Gasteiger partial charge in [0, 0.05) is 6.42 Å². The molecule has 0 N–H and O–H groups in total. The molecular formula is C37H72O2. The molecule has 0 aliphatic rings. The van der Waals surface area contributed by atoms with Crippen LogP contribution >= 0.6 is 0 Å². The topological polar surface area (TPSA) is 26.3 Å². The van der Waals surface area contributed by atoms with Crippen LogP contribution in [0.1, 0.15) is 196 Å². The van der Waals surface area contributed by atoms with Gasteiger partial charge in [0.05, 0.1) is 0 Å². The number of rotatable bonds is 29. The summed E-state index contributed by atoms with van der Waals surface area (Å²) in [7, 11) is 0. The first-order valence-electron chi connectivity index (χ1n) is 17.7. The van der Waals surface area contributed by atoms with Crippen molar-refractivity contribution in [1.82, 2.24) is 0 Å². The quantitative estimate of drug-likeness (QED) is 0.0527. The maximum Gasteiger partial charge on any atom is 0.306 e. The van der Waals surface area contributed by atoms with Gasteiger partial charge in [-0.2, -0.15) is 0 Å². The van der Waals surface area contributed by atoms with E-state index in [1.165, 1.54) is 134 Å². The fourth-order valence-corrected chi connectivity index (χ4v) is 5.62. The molecule has 2 atom stereocenters. The zero-order chi connectivity index (χ0) is 29.0. The summed E-state index contributed by atoms with van der Waals surface area (Å²) in [4.78, 5) is 12.0. The molecular weight excluding hydrogens is 476 g/mol. The SMILES string of the molecule is CCCCCCCCCCCCCCCCC(=O)OC/C=C(\C)CCC[C@H](C)CCC[C@H](C)CCCC(C)C. The van der Waals surface area contributed by atoms with E-state index in [-0.39, 0.29) is 5.97 Å². The molecule has 0 fully saturated rings. The summed E-state index contributed by atoms with van der Waals surface area (Å²) < 4.78 is 5.45. The number of allylic oxidation sites excluding steroid dienone is 1. The third kappa shape index (κ3) is 30.0. The molecule has 39 heavy (non-hydrogen) atoms. The Hall–Kier alpha value is -0.790. The molecule has 0 rings (SSSR count). The first-order valence-corrected chi connectivity index (χ1v) is 17.7. The Bertz CT molecular complexity index is 550. The van der Waals surface area contributed by atoms with Crippen LogP contribution < -0.4 is 0 Å². The molecule has 0 saturated carbocycles. The number of carbonyl (C=O) groups is 1. The van der Waals surface area contributed by atoms with E-state index in [1.54, 1.807) is 0 Å². The highest BCUT2D eigenvalue weighted by molar-refractivity contribution is 5.69. The van der Waals surface area contributed by atoms with Crippen LogP contribution in [-0.2, 0) is 9.53 Å². The summed E-state index contributed by atoms with van der Waals surface area (Å²) in [5, 5.41) is 0. The Labute approximate surface area is 246 Å². The van der Waals surface area contributed by atoms with Gasteiger partial charge in [0.15, 0.2) is 0 Å². The highest BCUT2D eigenvalue weighted by Gasteiger charge is 2.07. The molecule has 2 heteroatoms. The normalized spacial score (nSPS) is 13.7. The molecule has 0 bridgehead atoms. The van der Waals surface area contributed by atoms with Gasteiger partial charge in [0.2, 0.25) is 0 Å². The van der Waals surface area contributed by atoms with Gasteiger partial charge in [-0.3, -0.25) is 4.79 Å². The molecule has 0 aromatic carbocycles. The summed E-state index contributed by atoms with van der Waals surface area (Å²) in [6.45, 7) is 14.4. The van der Waals surface area contributed by atoms with Crippen LogP contribution in [0.15, 0.2) is 11.6 Å². The predicted octanol–water partition coefficient (Wildman–Crippen LogP) is 12.8. The minimum atomic E-state index is -0.0231. The van der Waals surface area contributed by atoms with Crippen molar-refractivity contribution in [2.24, 2.45) is 17.8 Å². The van der Waals surface area contributed by atoms with E-state index in [9.17, 15) is 4.79 Å². The third-order valence-electron chi connectivity index (χ3n) is 8.55. The summed E-state index contributed by atoms with van der Waals surface area (Å²) in [6.07, 6.45) is 33.5. The summed E-state index contributed by atoms with van der Waals surface area (Å²) in [6, 6.07) is 0. The summed E-state index contributed by atoms with van der Waals surface area (Å²) in [5.41, 5.74) is 1.37. The van der Waals surface area contributed by atoms with E-state index in [1.807, 2.05) is 0 Å². The Morgan fingerprint density at radius 2 is 1.00 bits per heavy atom. The van der Waals surface area contributed by atoms with Crippen LogP contribution in [0.4, 0.5) is 0 Å². The maximum absolute atomic E-state index is 12.0. The molecule has 232 valence electrons. The second kappa shape index (κ2) is 28.7. The van der Waals surface area contributed by atoms with Crippen LogP contribution in [0.2, 0.25) is 0 Å². The molecule has 0 aliphatic heterocycles. The first kappa shape index (κ1) is 38.2. The highest BCUT2D eigenvalue weighted by Crippen LogP contribution is 2.22. The molecule has 0 spiro atoms. The van der Waals surface area contributed by atoms with E-state index >= 15 is 0 Å². The van der Waals surface area contributed by atoms with Crippen LogP contribution in [0.25, 0.3) is 0 Å². The van der Waals surface area contributed by atoms with Crippen LogP contribution in [-0.4, -0.2) is 12.6 Å². The number of ether oxygens (including phenoxy) is 1. The number of hydrogen-bond donors (Lipinski definition) is 0. The number of esters is 1. The Kier molecular flexibility index (Phi) is 28.1. The third-order valence-corrected chi connectivity index (χ3v) is 8.55. The summed E-state index contributed by atoms with van der Waals surface area (Å²) in [5.74, 6) is 2.53. The molecule has 0 radical (unpaired) electrons. The lowest BCUT2D eigenvalue weighted by molar-refractivity contribution is -0.142. The van der Waals surface area contributed by atoms with Crippen LogP contribution in [0.3, 0.4) is 0 Å². The van der Waals surface area contributed by atoms with Crippen molar-refractivity contribution >= 4 is 5.97 Å². The van der Waals surface area contributed by atoms with E-state index in [0.29, 0.717) is 13.0 Å². The van der Waals surface area contributed by atoms with Crippen LogP contribution in [0.5, 0.6) is 0 Å². The Balaban J connectivity index is 3.54. The van der Waals surface area contributed by atoms with Crippen molar-refractivity contribution < 1.29 is 9.53 Å². The molecule has 0 unspecified atom stereocenters. The minimum absolute atomic E-state index is 0.0231. The van der Waals surface area contributed by atoms with E-state index in [2.05, 4.69) is 47.6 Å². The van der Waals surface area contributed by atoms with Gasteiger partial charge in [-0.1, -0.05) is 169 Å². The number of unbranched alkanes of at least 4 members (excludes halogenated alkanes) is 13. The molecule has 0 aromatic rings. The van der Waals surface area contributed by atoms with Crippen molar-refractivity contribution in [2.75, 3.05) is 6.61 Å². The predicted molar refractivity (Wildman–Crippen MR) is 174 cm³/mol. The second-order valence-corrected chi connectivity index (χ2v) is 13.4. The van der Waals surface area contributed by atoms with Crippen molar-refractivity contribution in [3.05, 3.63) is 11.6 Å². The smallest absolute Gasteiger partial charge is 0.306 e. The zero-order valence-corrected chi connectivity index (χ0v) is 27.8. The van der Waals surface area contributed by atoms with Gasteiger partial charge in [-0.05, 0) is 50.0 Å². The molecule has 0 heterocycles. The summed E-state index contributed by atoms with van der Waals surface area (Å²) >= 11 is 0. The number of hydrogen-bond acceptors (Lipinski definition) is 2.